The molecule has 0 aliphatic carbocycles. The first-order valence-electron chi connectivity index (χ1n) is 9.43. The van der Waals surface area contributed by atoms with Crippen LogP contribution >= 0.6 is 0 Å². The van der Waals surface area contributed by atoms with Gasteiger partial charge in [-0.1, -0.05) is 13.8 Å². The maximum absolute atomic E-state index is 12.4. The van der Waals surface area contributed by atoms with Crippen molar-refractivity contribution in [1.29, 1.82) is 0 Å². The Morgan fingerprint density at radius 2 is 1.70 bits per heavy atom. The molecule has 1 amide bonds. The number of carbonyl (C=O) groups excluding carboxylic acids is 1. The predicted octanol–water partition coefficient (Wildman–Crippen LogP) is 1.68. The third-order valence-corrected chi connectivity index (χ3v) is 4.48. The van der Waals surface area contributed by atoms with Crippen molar-refractivity contribution in [2.24, 2.45) is 5.92 Å². The molecule has 0 atom stereocenters. The van der Waals surface area contributed by atoms with E-state index in [1.54, 1.807) is 18.5 Å². The van der Waals surface area contributed by atoms with E-state index < -0.39 is 0 Å². The van der Waals surface area contributed by atoms with Crippen LogP contribution in [0.25, 0.3) is 0 Å². The van der Waals surface area contributed by atoms with Gasteiger partial charge in [-0.05, 0) is 31.4 Å². The van der Waals surface area contributed by atoms with E-state index in [9.17, 15) is 4.79 Å². The first-order valence-corrected chi connectivity index (χ1v) is 9.43. The Balaban J connectivity index is 1.63. The molecule has 2 aromatic heterocycles. The Kier molecular flexibility index (Phi) is 6.16. The van der Waals surface area contributed by atoms with Gasteiger partial charge in [0.25, 0.3) is 5.91 Å². The van der Waals surface area contributed by atoms with Gasteiger partial charge < -0.3 is 15.1 Å². The molecule has 1 aliphatic rings. The van der Waals surface area contributed by atoms with Crippen molar-refractivity contribution in [1.82, 2.24) is 25.3 Å². The van der Waals surface area contributed by atoms with E-state index in [-0.39, 0.29) is 5.91 Å². The van der Waals surface area contributed by atoms with E-state index in [1.165, 1.54) is 0 Å². The molecule has 0 bridgehead atoms. The van der Waals surface area contributed by atoms with Crippen LogP contribution in [0.3, 0.4) is 0 Å². The quantitative estimate of drug-likeness (QED) is 0.829. The number of amides is 1. The van der Waals surface area contributed by atoms with Gasteiger partial charge in [0.1, 0.15) is 5.69 Å². The largest absolute Gasteiger partial charge is 0.351 e. The molecule has 3 heterocycles. The highest BCUT2D eigenvalue weighted by molar-refractivity contribution is 5.92. The zero-order valence-electron chi connectivity index (χ0n) is 16.2. The van der Waals surface area contributed by atoms with Crippen LogP contribution in [0.4, 0.5) is 11.9 Å². The van der Waals surface area contributed by atoms with Gasteiger partial charge in [0.2, 0.25) is 11.9 Å². The van der Waals surface area contributed by atoms with Crippen LogP contribution in [-0.2, 0) is 0 Å². The van der Waals surface area contributed by atoms with Crippen LogP contribution < -0.4 is 15.1 Å². The summed E-state index contributed by atoms with van der Waals surface area (Å²) in [5, 5.41) is 2.94. The minimum atomic E-state index is -0.140. The lowest BCUT2D eigenvalue weighted by Gasteiger charge is -2.34. The van der Waals surface area contributed by atoms with Crippen LogP contribution in [0.5, 0.6) is 0 Å². The molecule has 2 aromatic rings. The Labute approximate surface area is 160 Å². The predicted molar refractivity (Wildman–Crippen MR) is 105 cm³/mol. The van der Waals surface area contributed by atoms with Crippen LogP contribution in [-0.4, -0.2) is 58.6 Å². The van der Waals surface area contributed by atoms with Crippen LogP contribution in [0.1, 0.15) is 36.5 Å². The van der Waals surface area contributed by atoms with Crippen molar-refractivity contribution < 1.29 is 4.79 Å². The van der Waals surface area contributed by atoms with Crippen molar-refractivity contribution in [2.75, 3.05) is 42.5 Å². The van der Waals surface area contributed by atoms with Crippen molar-refractivity contribution in [3.63, 3.8) is 0 Å². The number of nitrogens with zero attached hydrogens (tertiary/aromatic N) is 6. The lowest BCUT2D eigenvalue weighted by molar-refractivity contribution is 0.0947. The molecule has 144 valence electrons. The average Bonchev–Trinajstić information content (AvgIpc) is 2.68. The molecule has 0 unspecified atom stereocenters. The molecule has 1 saturated heterocycles. The van der Waals surface area contributed by atoms with Crippen LogP contribution in [0, 0.1) is 12.8 Å². The highest BCUT2D eigenvalue weighted by Gasteiger charge is 2.22. The summed E-state index contributed by atoms with van der Waals surface area (Å²) in [4.78, 5) is 34.3. The van der Waals surface area contributed by atoms with Gasteiger partial charge in [-0.25, -0.2) is 19.9 Å². The number of carbonyl (C=O) groups is 1. The van der Waals surface area contributed by atoms with E-state index >= 15 is 0 Å². The minimum absolute atomic E-state index is 0.140. The average molecular weight is 369 g/mol. The number of hydrogen-bond acceptors (Lipinski definition) is 7. The second-order valence-electron chi connectivity index (χ2n) is 7.16. The zero-order chi connectivity index (χ0) is 19.2. The number of nitrogens with one attached hydrogen (secondary N) is 1. The molecule has 0 spiro atoms. The first-order chi connectivity index (χ1) is 13.0. The summed E-state index contributed by atoms with van der Waals surface area (Å²) < 4.78 is 0. The third kappa shape index (κ3) is 5.12. The van der Waals surface area contributed by atoms with Crippen LogP contribution in [0.15, 0.2) is 24.5 Å². The first kappa shape index (κ1) is 19.0. The SMILES string of the molecule is Cc1cc(C(=O)NCCC(C)C)nc(N2CCN(c3ncccn3)CC2)n1. The lowest BCUT2D eigenvalue weighted by Crippen LogP contribution is -2.47. The van der Waals surface area contributed by atoms with Gasteiger partial charge in [0, 0.05) is 50.8 Å². The van der Waals surface area contributed by atoms with Gasteiger partial charge >= 0.3 is 0 Å². The molecule has 1 fully saturated rings. The molecule has 3 rings (SSSR count). The number of aryl methyl sites for hydroxylation is 1. The summed E-state index contributed by atoms with van der Waals surface area (Å²) in [7, 11) is 0. The van der Waals surface area contributed by atoms with E-state index in [4.69, 9.17) is 0 Å². The van der Waals surface area contributed by atoms with E-state index in [2.05, 4.69) is 48.9 Å². The molecule has 1 aliphatic heterocycles. The molecule has 1 N–H and O–H groups in total. The zero-order valence-corrected chi connectivity index (χ0v) is 16.2. The monoisotopic (exact) mass is 369 g/mol. The van der Waals surface area contributed by atoms with Gasteiger partial charge in [0.05, 0.1) is 0 Å². The summed E-state index contributed by atoms with van der Waals surface area (Å²) in [5.41, 5.74) is 1.22. The third-order valence-electron chi connectivity index (χ3n) is 4.48. The molecule has 27 heavy (non-hydrogen) atoms. The molecule has 8 nitrogen and oxygen atoms in total. The Morgan fingerprint density at radius 3 is 2.33 bits per heavy atom. The van der Waals surface area contributed by atoms with Crippen molar-refractivity contribution in [3.05, 3.63) is 35.9 Å². The second-order valence-corrected chi connectivity index (χ2v) is 7.16. The van der Waals surface area contributed by atoms with Gasteiger partial charge in [0.15, 0.2) is 0 Å². The number of rotatable bonds is 6. The Morgan fingerprint density at radius 1 is 1.07 bits per heavy atom. The van der Waals surface area contributed by atoms with E-state index in [0.717, 1.165) is 44.2 Å². The fourth-order valence-corrected chi connectivity index (χ4v) is 2.94. The molecule has 8 heteroatoms. The summed E-state index contributed by atoms with van der Waals surface area (Å²) in [5.74, 6) is 1.77. The Hall–Kier alpha value is -2.77. The molecular formula is C19H27N7O. The summed E-state index contributed by atoms with van der Waals surface area (Å²) in [6.45, 7) is 9.92. The van der Waals surface area contributed by atoms with Crippen molar-refractivity contribution in [2.45, 2.75) is 27.2 Å². The minimum Gasteiger partial charge on any atom is -0.351 e. The van der Waals surface area contributed by atoms with Crippen LogP contribution in [0.2, 0.25) is 0 Å². The van der Waals surface area contributed by atoms with Gasteiger partial charge in [-0.2, -0.15) is 0 Å². The highest BCUT2D eigenvalue weighted by Crippen LogP contribution is 2.15. The van der Waals surface area contributed by atoms with Crippen molar-refractivity contribution >= 4 is 17.8 Å². The fourth-order valence-electron chi connectivity index (χ4n) is 2.94. The molecule has 0 radical (unpaired) electrons. The standard InChI is InChI=1S/C19H27N7O/c1-14(2)5-8-20-17(27)16-13-15(3)23-19(24-16)26-11-9-25(10-12-26)18-21-6-4-7-22-18/h4,6-7,13-14H,5,8-12H2,1-3H3,(H,20,27). The molecule has 0 saturated carbocycles. The number of hydrogen-bond donors (Lipinski definition) is 1. The Bertz CT molecular complexity index is 758. The number of anilines is 2. The summed E-state index contributed by atoms with van der Waals surface area (Å²) in [6, 6.07) is 3.55. The summed E-state index contributed by atoms with van der Waals surface area (Å²) >= 11 is 0. The van der Waals surface area contributed by atoms with E-state index in [0.29, 0.717) is 24.1 Å². The fraction of sp³-hybridized carbons (Fsp3) is 0.526. The number of aromatic nitrogens is 4. The highest BCUT2D eigenvalue weighted by atomic mass is 16.1. The topological polar surface area (TPSA) is 87.1 Å². The second kappa shape index (κ2) is 8.75. The number of piperazine rings is 1. The maximum atomic E-state index is 12.4. The molecular weight excluding hydrogens is 342 g/mol. The van der Waals surface area contributed by atoms with Crippen molar-refractivity contribution in [3.8, 4) is 0 Å². The maximum Gasteiger partial charge on any atom is 0.270 e. The lowest BCUT2D eigenvalue weighted by atomic mass is 10.1. The summed E-state index contributed by atoms with van der Waals surface area (Å²) in [6.07, 6.45) is 4.46. The van der Waals surface area contributed by atoms with E-state index in [1.807, 2.05) is 13.0 Å². The molecule has 0 aromatic carbocycles. The smallest absolute Gasteiger partial charge is 0.270 e. The van der Waals surface area contributed by atoms with Gasteiger partial charge in [-0.3, -0.25) is 4.79 Å². The normalized spacial score (nSPS) is 14.5. The van der Waals surface area contributed by atoms with Gasteiger partial charge in [-0.15, -0.1) is 0 Å².